The number of amides is 1. The number of hydrogen-bond acceptors (Lipinski definition) is 4. The third kappa shape index (κ3) is 4.99. The van der Waals surface area contributed by atoms with Crippen LogP contribution in [0.5, 0.6) is 0 Å². The molecule has 1 fully saturated rings. The van der Waals surface area contributed by atoms with Gasteiger partial charge in [-0.3, -0.25) is 4.79 Å². The fourth-order valence-electron chi connectivity index (χ4n) is 2.76. The maximum Gasteiger partial charge on any atom is 0.221 e. The highest BCUT2D eigenvalue weighted by Gasteiger charge is 2.13. The first-order valence-corrected chi connectivity index (χ1v) is 9.44. The Labute approximate surface area is 147 Å². The van der Waals surface area contributed by atoms with Crippen molar-refractivity contribution in [2.75, 3.05) is 23.7 Å². The van der Waals surface area contributed by atoms with E-state index in [1.165, 1.54) is 17.7 Å². The quantitative estimate of drug-likeness (QED) is 0.783. The highest BCUT2D eigenvalue weighted by Crippen LogP contribution is 2.19. The average Bonchev–Trinajstić information content (AvgIpc) is 3.16. The van der Waals surface area contributed by atoms with Crippen molar-refractivity contribution in [1.82, 2.24) is 10.3 Å². The zero-order valence-electron chi connectivity index (χ0n) is 13.8. The molecule has 2 aromatic rings. The van der Waals surface area contributed by atoms with Crippen LogP contribution in [-0.2, 0) is 11.3 Å². The van der Waals surface area contributed by atoms with E-state index in [-0.39, 0.29) is 5.91 Å². The molecule has 1 aliphatic heterocycles. The Kier molecular flexibility index (Phi) is 6.13. The van der Waals surface area contributed by atoms with Crippen molar-refractivity contribution in [2.24, 2.45) is 0 Å². The summed E-state index contributed by atoms with van der Waals surface area (Å²) in [4.78, 5) is 19.9. The summed E-state index contributed by atoms with van der Waals surface area (Å²) < 4.78 is 0. The van der Waals surface area contributed by atoms with Crippen molar-refractivity contribution in [3.8, 4) is 0 Å². The van der Waals surface area contributed by atoms with E-state index >= 15 is 0 Å². The average molecular weight is 341 g/mol. The van der Waals surface area contributed by atoms with Crippen LogP contribution in [-0.4, -0.2) is 29.7 Å². The Bertz CT molecular complexity index is 657. The van der Waals surface area contributed by atoms with E-state index in [0.29, 0.717) is 13.0 Å². The maximum atomic E-state index is 12.0. The minimum atomic E-state index is 0.0953. The van der Waals surface area contributed by atoms with Gasteiger partial charge in [-0.25, -0.2) is 4.98 Å². The first-order valence-electron chi connectivity index (χ1n) is 8.46. The second-order valence-corrected chi connectivity index (χ2v) is 7.07. The summed E-state index contributed by atoms with van der Waals surface area (Å²) in [5.41, 5.74) is 1.11. The summed E-state index contributed by atoms with van der Waals surface area (Å²) in [5, 5.41) is 3.00. The molecule has 2 heterocycles. The lowest BCUT2D eigenvalue weighted by Crippen LogP contribution is -2.24. The Hall–Kier alpha value is -2.01. The molecular formula is C19H23N3OS. The number of benzene rings is 1. The summed E-state index contributed by atoms with van der Waals surface area (Å²) in [6, 6.07) is 14.2. The molecule has 1 aliphatic rings. The van der Waals surface area contributed by atoms with Crippen LogP contribution >= 0.6 is 11.8 Å². The minimum Gasteiger partial charge on any atom is -0.357 e. The van der Waals surface area contributed by atoms with Gasteiger partial charge in [0, 0.05) is 42.9 Å². The van der Waals surface area contributed by atoms with Crippen molar-refractivity contribution < 1.29 is 4.79 Å². The summed E-state index contributed by atoms with van der Waals surface area (Å²) in [7, 11) is 0. The molecule has 0 saturated carbocycles. The van der Waals surface area contributed by atoms with Crippen LogP contribution in [0.15, 0.2) is 53.6 Å². The molecule has 24 heavy (non-hydrogen) atoms. The maximum absolute atomic E-state index is 12.0. The number of hydrogen-bond donors (Lipinski definition) is 1. The number of thioether (sulfide) groups is 1. The van der Waals surface area contributed by atoms with E-state index in [1.807, 2.05) is 30.5 Å². The number of anilines is 1. The Morgan fingerprint density at radius 3 is 2.75 bits per heavy atom. The lowest BCUT2D eigenvalue weighted by atomic mass is 10.2. The second kappa shape index (κ2) is 8.73. The van der Waals surface area contributed by atoms with Gasteiger partial charge in [0.15, 0.2) is 0 Å². The molecule has 0 unspecified atom stereocenters. The predicted molar refractivity (Wildman–Crippen MR) is 99.3 cm³/mol. The first kappa shape index (κ1) is 16.8. The number of rotatable bonds is 7. The Morgan fingerprint density at radius 2 is 1.96 bits per heavy atom. The minimum absolute atomic E-state index is 0.0953. The van der Waals surface area contributed by atoms with Gasteiger partial charge >= 0.3 is 0 Å². The van der Waals surface area contributed by atoms with Crippen LogP contribution < -0.4 is 10.2 Å². The molecule has 5 heteroatoms. The highest BCUT2D eigenvalue weighted by molar-refractivity contribution is 7.99. The molecule has 0 radical (unpaired) electrons. The van der Waals surface area contributed by atoms with E-state index in [0.717, 1.165) is 30.2 Å². The van der Waals surface area contributed by atoms with Gasteiger partial charge in [0.1, 0.15) is 5.82 Å². The van der Waals surface area contributed by atoms with Gasteiger partial charge in [0.2, 0.25) is 5.91 Å². The lowest BCUT2D eigenvalue weighted by molar-refractivity contribution is -0.120. The Morgan fingerprint density at radius 1 is 1.17 bits per heavy atom. The molecule has 0 spiro atoms. The molecule has 1 saturated heterocycles. The molecule has 0 atom stereocenters. The molecule has 126 valence electrons. The largest absolute Gasteiger partial charge is 0.357 e. The molecule has 0 aliphatic carbocycles. The van der Waals surface area contributed by atoms with Crippen molar-refractivity contribution in [2.45, 2.75) is 30.7 Å². The zero-order valence-corrected chi connectivity index (χ0v) is 14.6. The smallest absolute Gasteiger partial charge is 0.221 e. The molecule has 3 rings (SSSR count). The molecule has 1 aromatic heterocycles. The SMILES string of the molecule is O=C(CCSc1ccccc1)NCc1ccnc(N2CCCC2)c1. The van der Waals surface area contributed by atoms with Gasteiger partial charge in [-0.2, -0.15) is 0 Å². The predicted octanol–water partition coefficient (Wildman–Crippen LogP) is 3.48. The van der Waals surface area contributed by atoms with Crippen LogP contribution in [0.4, 0.5) is 5.82 Å². The van der Waals surface area contributed by atoms with Crippen LogP contribution in [0.3, 0.4) is 0 Å². The van der Waals surface area contributed by atoms with Gasteiger partial charge < -0.3 is 10.2 Å². The van der Waals surface area contributed by atoms with Crippen molar-refractivity contribution in [1.29, 1.82) is 0 Å². The third-order valence-corrected chi connectivity index (χ3v) is 5.08. The van der Waals surface area contributed by atoms with Crippen LogP contribution in [0.1, 0.15) is 24.8 Å². The van der Waals surface area contributed by atoms with Crippen molar-refractivity contribution >= 4 is 23.5 Å². The monoisotopic (exact) mass is 341 g/mol. The summed E-state index contributed by atoms with van der Waals surface area (Å²) >= 11 is 1.71. The van der Waals surface area contributed by atoms with Crippen molar-refractivity contribution in [3.05, 3.63) is 54.2 Å². The summed E-state index contributed by atoms with van der Waals surface area (Å²) in [5.74, 6) is 1.92. The zero-order chi connectivity index (χ0) is 16.6. The third-order valence-electron chi connectivity index (χ3n) is 4.07. The molecule has 1 N–H and O–H groups in total. The van der Waals surface area contributed by atoms with Crippen LogP contribution in [0.2, 0.25) is 0 Å². The van der Waals surface area contributed by atoms with E-state index in [4.69, 9.17) is 0 Å². The lowest BCUT2D eigenvalue weighted by Gasteiger charge is -2.17. The highest BCUT2D eigenvalue weighted by atomic mass is 32.2. The number of nitrogens with one attached hydrogen (secondary N) is 1. The van der Waals surface area contributed by atoms with Crippen molar-refractivity contribution in [3.63, 3.8) is 0 Å². The number of nitrogens with zero attached hydrogens (tertiary/aromatic N) is 2. The van der Waals surface area contributed by atoms with Crippen LogP contribution in [0.25, 0.3) is 0 Å². The van der Waals surface area contributed by atoms with E-state index in [1.54, 1.807) is 11.8 Å². The van der Waals surface area contributed by atoms with Gasteiger partial charge in [-0.1, -0.05) is 18.2 Å². The van der Waals surface area contributed by atoms with Gasteiger partial charge in [-0.05, 0) is 42.7 Å². The second-order valence-electron chi connectivity index (χ2n) is 5.90. The van der Waals surface area contributed by atoms with E-state index in [9.17, 15) is 4.79 Å². The molecular weight excluding hydrogens is 318 g/mol. The molecule has 1 amide bonds. The standard InChI is InChI=1S/C19H23N3OS/c23-19(9-13-24-17-6-2-1-3-7-17)21-15-16-8-10-20-18(14-16)22-11-4-5-12-22/h1-3,6-8,10,14H,4-5,9,11-13,15H2,(H,21,23). The molecule has 1 aromatic carbocycles. The van der Waals surface area contributed by atoms with E-state index in [2.05, 4.69) is 33.4 Å². The van der Waals surface area contributed by atoms with Gasteiger partial charge in [0.05, 0.1) is 0 Å². The molecule has 0 bridgehead atoms. The summed E-state index contributed by atoms with van der Waals surface area (Å²) in [6.45, 7) is 2.73. The summed E-state index contributed by atoms with van der Waals surface area (Å²) in [6.07, 6.45) is 4.84. The number of carbonyl (C=O) groups excluding carboxylic acids is 1. The normalized spacial score (nSPS) is 13.9. The Balaban J connectivity index is 1.42. The first-order chi connectivity index (χ1) is 11.8. The number of carbonyl (C=O) groups is 1. The van der Waals surface area contributed by atoms with E-state index < -0.39 is 0 Å². The topological polar surface area (TPSA) is 45.2 Å². The number of pyridine rings is 1. The molecule has 4 nitrogen and oxygen atoms in total. The number of aromatic nitrogens is 1. The van der Waals surface area contributed by atoms with Gasteiger partial charge in [0.25, 0.3) is 0 Å². The fraction of sp³-hybridized carbons (Fsp3) is 0.368. The van der Waals surface area contributed by atoms with Crippen LogP contribution in [0, 0.1) is 0 Å². The fourth-order valence-corrected chi connectivity index (χ4v) is 3.63. The van der Waals surface area contributed by atoms with Gasteiger partial charge in [-0.15, -0.1) is 11.8 Å².